The van der Waals surface area contributed by atoms with E-state index in [0.717, 1.165) is 23.7 Å². The second-order valence-electron chi connectivity index (χ2n) is 9.00. The number of rotatable bonds is 4. The van der Waals surface area contributed by atoms with Crippen LogP contribution in [-0.4, -0.2) is 50.1 Å². The van der Waals surface area contributed by atoms with Crippen LogP contribution in [0.1, 0.15) is 57.8 Å². The fourth-order valence-corrected chi connectivity index (χ4v) is 6.41. The molecule has 0 amide bonds. The van der Waals surface area contributed by atoms with Crippen LogP contribution in [0.2, 0.25) is 0 Å². The predicted molar refractivity (Wildman–Crippen MR) is 97.5 cm³/mol. The van der Waals surface area contributed by atoms with Crippen molar-refractivity contribution in [3.63, 3.8) is 0 Å². The number of allylic oxidation sites excluding steroid dienone is 2. The monoisotopic (exact) mass is 316 g/mol. The molecule has 0 spiro atoms. The van der Waals surface area contributed by atoms with Crippen LogP contribution in [0.5, 0.6) is 0 Å². The molecule has 4 rings (SSSR count). The van der Waals surface area contributed by atoms with Gasteiger partial charge in [0.05, 0.1) is 0 Å². The van der Waals surface area contributed by atoms with Gasteiger partial charge in [0.15, 0.2) is 0 Å². The number of nitrogens with zero attached hydrogens (tertiary/aromatic N) is 2. The summed E-state index contributed by atoms with van der Waals surface area (Å²) in [7, 11) is 4.41. The summed E-state index contributed by atoms with van der Waals surface area (Å²) < 4.78 is 0. The summed E-state index contributed by atoms with van der Waals surface area (Å²) in [5.74, 6) is 3.99. The van der Waals surface area contributed by atoms with Crippen molar-refractivity contribution in [3.8, 4) is 0 Å². The van der Waals surface area contributed by atoms with Crippen LogP contribution in [0.25, 0.3) is 0 Å². The Labute approximate surface area is 143 Å². The molecule has 4 atom stereocenters. The Hall–Kier alpha value is -0.340. The minimum atomic E-state index is 0.983. The molecule has 0 bridgehead atoms. The van der Waals surface area contributed by atoms with Crippen LogP contribution in [0.4, 0.5) is 0 Å². The zero-order chi connectivity index (χ0) is 15.8. The molecular weight excluding hydrogens is 280 g/mol. The Kier molecular flexibility index (Phi) is 4.83. The van der Waals surface area contributed by atoms with Gasteiger partial charge in [-0.2, -0.15) is 0 Å². The smallest absolute Gasteiger partial charge is 0.00189 e. The first-order valence-corrected chi connectivity index (χ1v) is 10.3. The van der Waals surface area contributed by atoms with Crippen molar-refractivity contribution in [1.82, 2.24) is 9.80 Å². The van der Waals surface area contributed by atoms with Gasteiger partial charge in [0, 0.05) is 13.1 Å². The summed E-state index contributed by atoms with van der Waals surface area (Å²) >= 11 is 0. The van der Waals surface area contributed by atoms with Crippen molar-refractivity contribution < 1.29 is 0 Å². The largest absolute Gasteiger partial charge is 0.309 e. The third-order valence-corrected chi connectivity index (χ3v) is 7.33. The zero-order valence-corrected chi connectivity index (χ0v) is 15.4. The Morgan fingerprint density at radius 1 is 0.870 bits per heavy atom. The van der Waals surface area contributed by atoms with Gasteiger partial charge in [-0.3, -0.25) is 0 Å². The quantitative estimate of drug-likeness (QED) is 0.718. The average Bonchev–Trinajstić information content (AvgIpc) is 2.99. The molecule has 2 nitrogen and oxygen atoms in total. The number of likely N-dealkylation sites (tertiary alicyclic amines) is 1. The molecule has 0 N–H and O–H groups in total. The van der Waals surface area contributed by atoms with E-state index in [1.165, 1.54) is 84.0 Å². The van der Waals surface area contributed by atoms with E-state index in [1.807, 2.05) is 11.1 Å². The fourth-order valence-electron chi connectivity index (χ4n) is 6.41. The molecule has 4 aliphatic rings. The van der Waals surface area contributed by atoms with Gasteiger partial charge in [-0.1, -0.05) is 24.0 Å². The van der Waals surface area contributed by atoms with E-state index in [0.29, 0.717) is 0 Å². The molecule has 3 fully saturated rings. The normalized spacial score (nSPS) is 37.7. The Bertz CT molecular complexity index is 419. The average molecular weight is 317 g/mol. The molecule has 23 heavy (non-hydrogen) atoms. The van der Waals surface area contributed by atoms with Crippen molar-refractivity contribution in [1.29, 1.82) is 0 Å². The highest BCUT2D eigenvalue weighted by Crippen LogP contribution is 2.54. The molecule has 2 saturated carbocycles. The van der Waals surface area contributed by atoms with E-state index in [-0.39, 0.29) is 0 Å². The summed E-state index contributed by atoms with van der Waals surface area (Å²) in [6.07, 6.45) is 13.2. The molecule has 0 aromatic carbocycles. The maximum atomic E-state index is 2.84. The lowest BCUT2D eigenvalue weighted by molar-refractivity contribution is 0.174. The lowest BCUT2D eigenvalue weighted by Crippen LogP contribution is -2.38. The summed E-state index contributed by atoms with van der Waals surface area (Å²) in [6, 6.07) is 0. The van der Waals surface area contributed by atoms with Crippen LogP contribution in [-0.2, 0) is 0 Å². The SMILES string of the molecule is CN(C)CCCN1CC2C3CCCCC3=C3CCCCC3C2C1. The third-order valence-electron chi connectivity index (χ3n) is 7.33. The summed E-state index contributed by atoms with van der Waals surface area (Å²) in [5.41, 5.74) is 3.97. The third kappa shape index (κ3) is 3.14. The van der Waals surface area contributed by atoms with Crippen molar-refractivity contribution in [2.75, 3.05) is 40.3 Å². The standard InChI is InChI=1S/C21H36N2/c1-22(2)12-7-13-23-14-20-18-10-5-3-8-16(18)17-9-4-6-11-19(17)21(20)15-23/h18-21H,3-15H2,1-2H3. The van der Waals surface area contributed by atoms with Crippen molar-refractivity contribution in [2.45, 2.75) is 57.8 Å². The minimum Gasteiger partial charge on any atom is -0.309 e. The maximum Gasteiger partial charge on any atom is 0.00189 e. The van der Waals surface area contributed by atoms with Gasteiger partial charge in [0.25, 0.3) is 0 Å². The highest BCUT2D eigenvalue weighted by atomic mass is 15.2. The second-order valence-corrected chi connectivity index (χ2v) is 9.00. The molecule has 0 radical (unpaired) electrons. The molecule has 0 aromatic rings. The molecule has 0 aromatic heterocycles. The molecule has 4 unspecified atom stereocenters. The first kappa shape index (κ1) is 16.1. The van der Waals surface area contributed by atoms with Gasteiger partial charge in [0.1, 0.15) is 0 Å². The molecule has 2 heteroatoms. The Morgan fingerprint density at radius 3 is 1.96 bits per heavy atom. The highest BCUT2D eigenvalue weighted by molar-refractivity contribution is 5.29. The van der Waals surface area contributed by atoms with Crippen molar-refractivity contribution in [3.05, 3.63) is 11.1 Å². The predicted octanol–water partition coefficient (Wildman–Crippen LogP) is 4.18. The first-order valence-electron chi connectivity index (χ1n) is 10.3. The van der Waals surface area contributed by atoms with E-state index in [4.69, 9.17) is 0 Å². The maximum absolute atomic E-state index is 2.84. The van der Waals surface area contributed by atoms with Gasteiger partial charge >= 0.3 is 0 Å². The summed E-state index contributed by atoms with van der Waals surface area (Å²) in [4.78, 5) is 5.17. The van der Waals surface area contributed by atoms with Gasteiger partial charge in [-0.25, -0.2) is 0 Å². The van der Waals surface area contributed by atoms with Gasteiger partial charge in [0.2, 0.25) is 0 Å². The van der Waals surface area contributed by atoms with E-state index < -0.39 is 0 Å². The van der Waals surface area contributed by atoms with Crippen LogP contribution in [0, 0.1) is 23.7 Å². The number of hydrogen-bond donors (Lipinski definition) is 0. The molecule has 130 valence electrons. The zero-order valence-electron chi connectivity index (χ0n) is 15.4. The molecule has 3 aliphatic carbocycles. The number of hydrogen-bond acceptors (Lipinski definition) is 2. The van der Waals surface area contributed by atoms with E-state index >= 15 is 0 Å². The van der Waals surface area contributed by atoms with Crippen LogP contribution in [0.3, 0.4) is 0 Å². The first-order chi connectivity index (χ1) is 11.2. The lowest BCUT2D eigenvalue weighted by Gasteiger charge is -2.46. The topological polar surface area (TPSA) is 6.48 Å². The van der Waals surface area contributed by atoms with Gasteiger partial charge < -0.3 is 9.80 Å². The summed E-state index contributed by atoms with van der Waals surface area (Å²) in [6.45, 7) is 5.40. The van der Waals surface area contributed by atoms with E-state index in [2.05, 4.69) is 23.9 Å². The van der Waals surface area contributed by atoms with Crippen LogP contribution >= 0.6 is 0 Å². The van der Waals surface area contributed by atoms with Gasteiger partial charge in [-0.05, 0) is 95.8 Å². The Balaban J connectivity index is 1.49. The van der Waals surface area contributed by atoms with Crippen molar-refractivity contribution in [2.24, 2.45) is 23.7 Å². The summed E-state index contributed by atoms with van der Waals surface area (Å²) in [5, 5.41) is 0. The van der Waals surface area contributed by atoms with E-state index in [9.17, 15) is 0 Å². The number of fused-ring (bicyclic) bond motifs is 5. The molecule has 1 aliphatic heterocycles. The highest BCUT2D eigenvalue weighted by Gasteiger charge is 2.48. The molecular formula is C21H36N2. The van der Waals surface area contributed by atoms with Gasteiger partial charge in [-0.15, -0.1) is 0 Å². The lowest BCUT2D eigenvalue weighted by atomic mass is 9.58. The van der Waals surface area contributed by atoms with Crippen LogP contribution < -0.4 is 0 Å². The molecule has 1 saturated heterocycles. The van der Waals surface area contributed by atoms with E-state index in [1.54, 1.807) is 0 Å². The fraction of sp³-hybridized carbons (Fsp3) is 0.905. The van der Waals surface area contributed by atoms with Crippen molar-refractivity contribution >= 4 is 0 Å². The second kappa shape index (κ2) is 6.88. The van der Waals surface area contributed by atoms with Crippen LogP contribution in [0.15, 0.2) is 11.1 Å². The Morgan fingerprint density at radius 2 is 1.43 bits per heavy atom. The molecule has 1 heterocycles. The minimum absolute atomic E-state index is 0.983.